The maximum absolute atomic E-state index is 16.7. The minimum Gasteiger partial charge on any atom is -0.463 e. The molecule has 0 radical (unpaired) electrons. The predicted molar refractivity (Wildman–Crippen MR) is 180 cm³/mol. The second-order valence-electron chi connectivity index (χ2n) is 11.1. The van der Waals surface area contributed by atoms with Crippen molar-refractivity contribution in [1.29, 1.82) is 5.26 Å². The van der Waals surface area contributed by atoms with Gasteiger partial charge in [-0.25, -0.2) is 8.78 Å². The van der Waals surface area contributed by atoms with Gasteiger partial charge in [0.05, 0.1) is 30.5 Å². The number of carbonyl (C=O) groups excluding carboxylic acids is 1. The molecule has 5 rings (SSSR count). The quantitative estimate of drug-likeness (QED) is 0.149. The molecule has 1 aliphatic heterocycles. The van der Waals surface area contributed by atoms with Gasteiger partial charge in [0.1, 0.15) is 17.0 Å². The van der Waals surface area contributed by atoms with Crippen molar-refractivity contribution in [1.82, 2.24) is 19.9 Å². The molecule has 0 unspecified atom stereocenters. The van der Waals surface area contributed by atoms with Gasteiger partial charge in [-0.05, 0) is 36.6 Å². The number of allylic oxidation sites excluding steroid dienone is 1. The Morgan fingerprint density at radius 1 is 1.26 bits per heavy atom. The number of aromatic nitrogens is 3. The molecule has 12 heteroatoms. The fourth-order valence-corrected chi connectivity index (χ4v) is 6.02. The number of carbonyl (C=O) groups is 1. The lowest BCUT2D eigenvalue weighted by Crippen LogP contribution is -2.55. The summed E-state index contributed by atoms with van der Waals surface area (Å²) in [7, 11) is 0. The Kier molecular flexibility index (Phi) is 10.3. The molecule has 2 aromatic heterocycles. The summed E-state index contributed by atoms with van der Waals surface area (Å²) in [5.41, 5.74) is 9.68. The summed E-state index contributed by atoms with van der Waals surface area (Å²) in [5.74, 6) is -2.34. The highest BCUT2D eigenvalue weighted by molar-refractivity contribution is 6.49. The monoisotopic (exact) mass is 657 g/mol. The number of amides is 1. The second-order valence-corrected chi connectivity index (χ2v) is 11.5. The van der Waals surface area contributed by atoms with E-state index in [9.17, 15) is 14.4 Å². The minimum atomic E-state index is -1.10. The highest BCUT2D eigenvalue weighted by Gasteiger charge is 2.34. The lowest BCUT2D eigenvalue weighted by molar-refractivity contribution is -0.131. The molecule has 47 heavy (non-hydrogen) atoms. The van der Waals surface area contributed by atoms with Gasteiger partial charge in [-0.2, -0.15) is 15.2 Å². The van der Waals surface area contributed by atoms with Crippen molar-refractivity contribution in [2.24, 2.45) is 0 Å². The zero-order valence-corrected chi connectivity index (χ0v) is 26.9. The summed E-state index contributed by atoms with van der Waals surface area (Å²) in [6.45, 7) is 7.56. The van der Waals surface area contributed by atoms with Crippen LogP contribution in [0.2, 0.25) is 0 Å². The predicted octanol–water partition coefficient (Wildman–Crippen LogP) is 6.61. The Labute approximate surface area is 277 Å². The SMILES string of the molecule is C=C(F)C(=O)N1CCN(c2nc(OCCc3cccc(N)c3)nc3c(F)c(-c4cccc(CC)c4/C(Cl)=C\C)ncc23)C[C@@H]1CC#N. The summed E-state index contributed by atoms with van der Waals surface area (Å²) < 4.78 is 36.5. The van der Waals surface area contributed by atoms with Gasteiger partial charge in [0.15, 0.2) is 11.6 Å². The first-order chi connectivity index (χ1) is 22.7. The average molecular weight is 658 g/mol. The molecule has 0 aliphatic carbocycles. The number of rotatable bonds is 10. The van der Waals surface area contributed by atoms with Crippen LogP contribution in [0.3, 0.4) is 0 Å². The lowest BCUT2D eigenvalue weighted by Gasteiger charge is -2.41. The lowest BCUT2D eigenvalue weighted by atomic mass is 9.95. The van der Waals surface area contributed by atoms with Gasteiger partial charge in [-0.1, -0.05) is 61.5 Å². The molecule has 2 aromatic carbocycles. The van der Waals surface area contributed by atoms with Gasteiger partial charge in [0, 0.05) is 54.1 Å². The maximum Gasteiger partial charge on any atom is 0.319 e. The Bertz CT molecular complexity index is 1910. The van der Waals surface area contributed by atoms with Gasteiger partial charge >= 0.3 is 6.01 Å². The van der Waals surface area contributed by atoms with E-state index in [-0.39, 0.29) is 49.9 Å². The molecule has 0 saturated carbocycles. The first-order valence-electron chi connectivity index (χ1n) is 15.2. The normalized spacial score (nSPS) is 15.1. The standard InChI is InChI=1S/C35H34ClF2N7O2/c1-4-23-9-7-11-26(29(23)28(36)5-2)31-30(38)32-27(19-41-31)33(43-35(42-32)47-17-13-22-8-6-10-24(40)18-22)44-15-16-45(34(46)21(3)37)25(20-44)12-14-39/h5-11,18-19,25H,3-4,12-13,15-17,20,40H2,1-2H3/b28-5+/t25-/m0/s1. The number of anilines is 2. The van der Waals surface area contributed by atoms with Crippen LogP contribution in [-0.4, -0.2) is 58.0 Å². The minimum absolute atomic E-state index is 0.0177. The van der Waals surface area contributed by atoms with E-state index in [1.165, 1.54) is 11.1 Å². The van der Waals surface area contributed by atoms with E-state index in [0.29, 0.717) is 45.9 Å². The van der Waals surface area contributed by atoms with E-state index in [1.807, 2.05) is 49.1 Å². The van der Waals surface area contributed by atoms with Gasteiger partial charge in [0.25, 0.3) is 5.91 Å². The molecule has 1 amide bonds. The first-order valence-corrected chi connectivity index (χ1v) is 15.6. The van der Waals surface area contributed by atoms with Crippen LogP contribution in [0.1, 0.15) is 37.0 Å². The van der Waals surface area contributed by atoms with Crippen LogP contribution in [0.5, 0.6) is 6.01 Å². The third-order valence-electron chi connectivity index (χ3n) is 8.10. The molecule has 0 spiro atoms. The molecular weight excluding hydrogens is 624 g/mol. The molecule has 2 N–H and O–H groups in total. The maximum atomic E-state index is 16.7. The number of ether oxygens (including phenoxy) is 1. The summed E-state index contributed by atoms with van der Waals surface area (Å²) in [6.07, 6.45) is 4.38. The summed E-state index contributed by atoms with van der Waals surface area (Å²) in [4.78, 5) is 29.3. The zero-order chi connectivity index (χ0) is 33.7. The van der Waals surface area contributed by atoms with Crippen LogP contribution in [0.25, 0.3) is 27.2 Å². The van der Waals surface area contributed by atoms with Crippen molar-refractivity contribution in [2.45, 2.75) is 39.2 Å². The smallest absolute Gasteiger partial charge is 0.319 e. The van der Waals surface area contributed by atoms with Gasteiger partial charge in [-0.3, -0.25) is 9.78 Å². The van der Waals surface area contributed by atoms with Crippen molar-refractivity contribution in [3.05, 3.63) is 89.7 Å². The van der Waals surface area contributed by atoms with Crippen molar-refractivity contribution < 1.29 is 18.3 Å². The van der Waals surface area contributed by atoms with E-state index < -0.39 is 23.6 Å². The number of nitrogens with two attached hydrogens (primary N) is 1. The van der Waals surface area contributed by atoms with E-state index >= 15 is 4.39 Å². The van der Waals surface area contributed by atoms with Crippen LogP contribution in [0, 0.1) is 17.1 Å². The van der Waals surface area contributed by atoms with Crippen molar-refractivity contribution in [3.63, 3.8) is 0 Å². The second kappa shape index (κ2) is 14.6. The molecule has 1 saturated heterocycles. The number of nitrogen functional groups attached to an aromatic ring is 1. The largest absolute Gasteiger partial charge is 0.463 e. The third-order valence-corrected chi connectivity index (χ3v) is 8.50. The molecule has 0 bridgehead atoms. The molecular formula is C35H34ClF2N7O2. The van der Waals surface area contributed by atoms with Crippen molar-refractivity contribution in [3.8, 4) is 23.3 Å². The van der Waals surface area contributed by atoms with Crippen LogP contribution >= 0.6 is 11.6 Å². The van der Waals surface area contributed by atoms with Crippen molar-refractivity contribution >= 4 is 44.9 Å². The van der Waals surface area contributed by atoms with Gasteiger partial charge in [-0.15, -0.1) is 0 Å². The molecule has 1 aliphatic rings. The van der Waals surface area contributed by atoms with Crippen molar-refractivity contribution in [2.75, 3.05) is 36.9 Å². The number of pyridine rings is 1. The molecule has 9 nitrogen and oxygen atoms in total. The summed E-state index contributed by atoms with van der Waals surface area (Å²) in [5, 5.41) is 10.3. The van der Waals surface area contributed by atoms with Gasteiger partial charge < -0.3 is 20.3 Å². The zero-order valence-electron chi connectivity index (χ0n) is 26.1. The van der Waals surface area contributed by atoms with E-state index in [4.69, 9.17) is 22.1 Å². The van der Waals surface area contributed by atoms with E-state index in [2.05, 4.69) is 27.6 Å². The molecule has 1 atom stereocenters. The molecule has 3 heterocycles. The van der Waals surface area contributed by atoms with Crippen LogP contribution in [-0.2, 0) is 17.6 Å². The van der Waals surface area contributed by atoms with Crippen LogP contribution in [0.4, 0.5) is 20.3 Å². The topological polar surface area (TPSA) is 121 Å². The number of fused-ring (bicyclic) bond motifs is 1. The Hall–Kier alpha value is -5.08. The first kappa shape index (κ1) is 33.3. The highest BCUT2D eigenvalue weighted by atomic mass is 35.5. The number of aryl methyl sites for hydroxylation is 1. The number of halogens is 3. The molecule has 242 valence electrons. The number of hydrogen-bond donors (Lipinski definition) is 1. The summed E-state index contributed by atoms with van der Waals surface area (Å²) >= 11 is 6.63. The van der Waals surface area contributed by atoms with E-state index in [1.54, 1.807) is 18.2 Å². The van der Waals surface area contributed by atoms with Crippen LogP contribution < -0.4 is 15.4 Å². The fourth-order valence-electron chi connectivity index (χ4n) is 5.79. The number of nitriles is 1. The molecule has 4 aromatic rings. The number of hydrogen-bond acceptors (Lipinski definition) is 8. The number of piperazine rings is 1. The Morgan fingerprint density at radius 2 is 2.04 bits per heavy atom. The Balaban J connectivity index is 1.61. The third kappa shape index (κ3) is 7.03. The van der Waals surface area contributed by atoms with E-state index in [0.717, 1.165) is 11.1 Å². The Morgan fingerprint density at radius 3 is 2.74 bits per heavy atom. The fraction of sp³-hybridized carbons (Fsp3) is 0.286. The number of benzene rings is 2. The highest BCUT2D eigenvalue weighted by Crippen LogP contribution is 2.38. The van der Waals surface area contributed by atoms with Crippen LogP contribution in [0.15, 0.2) is 67.1 Å². The molecule has 1 fully saturated rings. The summed E-state index contributed by atoms with van der Waals surface area (Å²) in [6, 6.07) is 14.3. The average Bonchev–Trinajstić information content (AvgIpc) is 3.07. The number of nitrogens with zero attached hydrogens (tertiary/aromatic N) is 6. The van der Waals surface area contributed by atoms with Gasteiger partial charge in [0.2, 0.25) is 0 Å².